The van der Waals surface area contributed by atoms with Gasteiger partial charge in [0.2, 0.25) is 0 Å². The molecule has 0 radical (unpaired) electrons. The fourth-order valence-corrected chi connectivity index (χ4v) is 3.21. The predicted molar refractivity (Wildman–Crippen MR) is 116 cm³/mol. The molecule has 8 heteroatoms. The summed E-state index contributed by atoms with van der Waals surface area (Å²) >= 11 is 6.07. The molecule has 1 amide bonds. The van der Waals surface area contributed by atoms with E-state index in [1.807, 2.05) is 0 Å². The minimum atomic E-state index is -0.763. The van der Waals surface area contributed by atoms with Crippen LogP contribution in [-0.4, -0.2) is 19.0 Å². The van der Waals surface area contributed by atoms with Crippen LogP contribution in [-0.2, 0) is 11.3 Å². The number of ether oxygens (including phenoxy) is 2. The molecule has 0 spiro atoms. The Hall–Kier alpha value is -3.45. The molecule has 3 rings (SSSR count). The lowest BCUT2D eigenvalue weighted by molar-refractivity contribution is 0.0600. The Labute approximate surface area is 188 Å². The van der Waals surface area contributed by atoms with Crippen molar-refractivity contribution >= 4 is 23.5 Å². The van der Waals surface area contributed by atoms with Gasteiger partial charge in [-0.2, -0.15) is 0 Å². The Morgan fingerprint density at radius 1 is 1.00 bits per heavy atom. The number of hydrogen-bond acceptors (Lipinski definition) is 4. The highest BCUT2D eigenvalue weighted by Crippen LogP contribution is 2.22. The fourth-order valence-electron chi connectivity index (χ4n) is 3.04. The van der Waals surface area contributed by atoms with Crippen LogP contribution in [0.4, 0.5) is 8.78 Å². The van der Waals surface area contributed by atoms with Crippen molar-refractivity contribution in [3.63, 3.8) is 0 Å². The van der Waals surface area contributed by atoms with E-state index in [0.29, 0.717) is 16.1 Å². The van der Waals surface area contributed by atoms with Gasteiger partial charge < -0.3 is 14.8 Å². The third-order valence-electron chi connectivity index (χ3n) is 4.73. The Balaban J connectivity index is 1.74. The van der Waals surface area contributed by atoms with Crippen molar-refractivity contribution in [2.45, 2.75) is 19.6 Å². The maximum absolute atomic E-state index is 13.4. The van der Waals surface area contributed by atoms with E-state index in [9.17, 15) is 18.4 Å². The van der Waals surface area contributed by atoms with Gasteiger partial charge >= 0.3 is 5.97 Å². The molecule has 0 saturated carbocycles. The van der Waals surface area contributed by atoms with E-state index in [-0.39, 0.29) is 24.0 Å². The lowest BCUT2D eigenvalue weighted by Gasteiger charge is -2.17. The summed E-state index contributed by atoms with van der Waals surface area (Å²) in [6.07, 6.45) is 0. The number of hydrogen-bond donors (Lipinski definition) is 1. The Bertz CT molecular complexity index is 1120. The van der Waals surface area contributed by atoms with Gasteiger partial charge in [0.15, 0.2) is 0 Å². The van der Waals surface area contributed by atoms with Crippen LogP contribution in [0.5, 0.6) is 5.75 Å². The number of esters is 1. The van der Waals surface area contributed by atoms with Crippen molar-refractivity contribution < 1.29 is 27.8 Å². The minimum absolute atomic E-state index is 0.00266. The Morgan fingerprint density at radius 3 is 2.28 bits per heavy atom. The third-order valence-corrected chi connectivity index (χ3v) is 4.96. The number of halogens is 3. The number of nitrogens with one attached hydrogen (secondary N) is 1. The smallest absolute Gasteiger partial charge is 0.337 e. The molecule has 0 unspecified atom stereocenters. The van der Waals surface area contributed by atoms with Gasteiger partial charge in [-0.05, 0) is 36.8 Å². The molecular formula is C24H20ClF2NO4. The zero-order chi connectivity index (χ0) is 23.3. The van der Waals surface area contributed by atoms with Crippen LogP contribution >= 0.6 is 11.6 Å². The molecule has 166 valence electrons. The molecular weight excluding hydrogens is 440 g/mol. The highest BCUT2D eigenvalue weighted by atomic mass is 35.5. The number of amides is 1. The highest BCUT2D eigenvalue weighted by Gasteiger charge is 2.17. The molecule has 0 heterocycles. The molecule has 3 aromatic carbocycles. The van der Waals surface area contributed by atoms with E-state index in [4.69, 9.17) is 16.3 Å². The first-order valence-corrected chi connectivity index (χ1v) is 10.0. The van der Waals surface area contributed by atoms with Crippen LogP contribution < -0.4 is 10.1 Å². The molecule has 0 aromatic heterocycles. The van der Waals surface area contributed by atoms with E-state index >= 15 is 0 Å². The van der Waals surface area contributed by atoms with Crippen LogP contribution in [0.3, 0.4) is 0 Å². The van der Waals surface area contributed by atoms with Crippen LogP contribution in [0, 0.1) is 11.6 Å². The van der Waals surface area contributed by atoms with Crippen molar-refractivity contribution in [2.24, 2.45) is 0 Å². The van der Waals surface area contributed by atoms with Gasteiger partial charge in [0.25, 0.3) is 5.91 Å². The summed E-state index contributed by atoms with van der Waals surface area (Å²) in [6, 6.07) is 13.8. The lowest BCUT2D eigenvalue weighted by atomic mass is 10.0. The summed E-state index contributed by atoms with van der Waals surface area (Å²) in [5.74, 6) is -2.37. The van der Waals surface area contributed by atoms with Crippen LogP contribution in [0.15, 0.2) is 60.7 Å². The van der Waals surface area contributed by atoms with E-state index < -0.39 is 23.5 Å². The van der Waals surface area contributed by atoms with Crippen LogP contribution in [0.2, 0.25) is 5.02 Å². The third kappa shape index (κ3) is 5.82. The van der Waals surface area contributed by atoms with E-state index in [1.54, 1.807) is 43.3 Å². The molecule has 0 aliphatic heterocycles. The monoisotopic (exact) mass is 459 g/mol. The highest BCUT2D eigenvalue weighted by molar-refractivity contribution is 6.31. The number of carbonyl (C=O) groups excluding carboxylic acids is 2. The molecule has 0 bridgehead atoms. The second-order valence-electron chi connectivity index (χ2n) is 7.00. The van der Waals surface area contributed by atoms with Gasteiger partial charge in [0.05, 0.1) is 18.7 Å². The number of carbonyl (C=O) groups is 2. The first-order chi connectivity index (χ1) is 15.3. The second-order valence-corrected chi connectivity index (χ2v) is 7.44. The lowest BCUT2D eigenvalue weighted by Crippen LogP contribution is -2.27. The molecule has 1 N–H and O–H groups in total. The van der Waals surface area contributed by atoms with Crippen LogP contribution in [0.1, 0.15) is 44.8 Å². The normalized spacial score (nSPS) is 11.5. The summed E-state index contributed by atoms with van der Waals surface area (Å²) in [4.78, 5) is 24.5. The quantitative estimate of drug-likeness (QED) is 0.475. The average molecular weight is 460 g/mol. The summed E-state index contributed by atoms with van der Waals surface area (Å²) in [5, 5.41) is 3.22. The average Bonchev–Trinajstić information content (AvgIpc) is 2.77. The standard InChI is InChI=1S/C24H20ClF2NO4/c1-14(15-3-5-16(6-4-15)24(30)31-2)28-23(29)22-9-18(25)8-7-17(22)13-32-21-11-19(26)10-20(27)12-21/h3-12,14H,13H2,1-2H3,(H,28,29)/t14-/m0/s1. The van der Waals surface area contributed by atoms with E-state index in [1.165, 1.54) is 13.2 Å². The van der Waals surface area contributed by atoms with Crippen molar-refractivity contribution in [1.82, 2.24) is 5.32 Å². The van der Waals surface area contributed by atoms with E-state index in [0.717, 1.165) is 23.8 Å². The molecule has 3 aromatic rings. The summed E-state index contributed by atoms with van der Waals surface area (Å²) in [5.41, 5.74) is 1.94. The second kappa shape index (κ2) is 10.2. The molecule has 1 atom stereocenters. The Morgan fingerprint density at radius 2 is 1.66 bits per heavy atom. The zero-order valence-electron chi connectivity index (χ0n) is 17.3. The number of rotatable bonds is 7. The minimum Gasteiger partial charge on any atom is -0.489 e. The molecule has 0 aliphatic rings. The van der Waals surface area contributed by atoms with Crippen molar-refractivity contribution in [2.75, 3.05) is 7.11 Å². The topological polar surface area (TPSA) is 64.6 Å². The van der Waals surface area contributed by atoms with Gasteiger partial charge in [-0.3, -0.25) is 4.79 Å². The first-order valence-electron chi connectivity index (χ1n) is 9.63. The predicted octanol–water partition coefficient (Wildman–Crippen LogP) is 5.47. The SMILES string of the molecule is COC(=O)c1ccc([C@H](C)NC(=O)c2cc(Cl)ccc2COc2cc(F)cc(F)c2)cc1. The molecule has 0 fully saturated rings. The maximum Gasteiger partial charge on any atom is 0.337 e. The molecule has 5 nitrogen and oxygen atoms in total. The van der Waals surface area contributed by atoms with Crippen molar-refractivity contribution in [3.05, 3.63) is 99.6 Å². The summed E-state index contributed by atoms with van der Waals surface area (Å²) < 4.78 is 36.9. The molecule has 32 heavy (non-hydrogen) atoms. The van der Waals surface area contributed by atoms with Gasteiger partial charge in [-0.1, -0.05) is 29.8 Å². The largest absolute Gasteiger partial charge is 0.489 e. The molecule has 0 saturated heterocycles. The number of benzene rings is 3. The van der Waals surface area contributed by atoms with Gasteiger partial charge in [0.1, 0.15) is 24.0 Å². The number of methoxy groups -OCH3 is 1. The van der Waals surface area contributed by atoms with Crippen LogP contribution in [0.25, 0.3) is 0 Å². The fraction of sp³-hybridized carbons (Fsp3) is 0.167. The van der Waals surface area contributed by atoms with Crippen molar-refractivity contribution in [3.8, 4) is 5.75 Å². The first kappa shape index (κ1) is 23.2. The van der Waals surface area contributed by atoms with Gasteiger partial charge in [0, 0.05) is 34.3 Å². The van der Waals surface area contributed by atoms with Gasteiger partial charge in [-0.25, -0.2) is 13.6 Å². The zero-order valence-corrected chi connectivity index (χ0v) is 18.1. The summed E-state index contributed by atoms with van der Waals surface area (Å²) in [7, 11) is 1.30. The van der Waals surface area contributed by atoms with Gasteiger partial charge in [-0.15, -0.1) is 0 Å². The maximum atomic E-state index is 13.4. The summed E-state index contributed by atoms with van der Waals surface area (Å²) in [6.45, 7) is 1.70. The Kier molecular flexibility index (Phi) is 7.43. The van der Waals surface area contributed by atoms with Crippen molar-refractivity contribution in [1.29, 1.82) is 0 Å². The van der Waals surface area contributed by atoms with E-state index in [2.05, 4.69) is 10.1 Å². The molecule has 0 aliphatic carbocycles.